The van der Waals surface area contributed by atoms with Crippen LogP contribution >= 0.6 is 0 Å². The van der Waals surface area contributed by atoms with E-state index in [-0.39, 0.29) is 17.4 Å². The van der Waals surface area contributed by atoms with Crippen molar-refractivity contribution in [2.45, 2.75) is 25.7 Å². The van der Waals surface area contributed by atoms with Crippen molar-refractivity contribution in [2.24, 2.45) is 5.73 Å². The van der Waals surface area contributed by atoms with E-state index >= 15 is 0 Å². The third kappa shape index (κ3) is 4.19. The summed E-state index contributed by atoms with van der Waals surface area (Å²) in [5, 5.41) is 0.512. The molecule has 1 aromatic carbocycles. The summed E-state index contributed by atoms with van der Waals surface area (Å²) >= 11 is 0. The minimum absolute atomic E-state index is 0.165. The lowest BCUT2D eigenvalue weighted by Gasteiger charge is -2.33. The van der Waals surface area contributed by atoms with Crippen LogP contribution in [0, 0.1) is 5.82 Å². The van der Waals surface area contributed by atoms with Gasteiger partial charge in [0.25, 0.3) is 11.8 Å². The summed E-state index contributed by atoms with van der Waals surface area (Å²) in [6, 6.07) is 9.21. The van der Waals surface area contributed by atoms with Gasteiger partial charge in [-0.05, 0) is 56.2 Å². The van der Waals surface area contributed by atoms with Gasteiger partial charge in [0, 0.05) is 30.6 Å². The first-order valence-corrected chi connectivity index (χ1v) is 10.2. The van der Waals surface area contributed by atoms with Gasteiger partial charge in [0.2, 0.25) is 5.88 Å². The van der Waals surface area contributed by atoms with Gasteiger partial charge in [-0.3, -0.25) is 14.6 Å². The predicted molar refractivity (Wildman–Crippen MR) is 114 cm³/mol. The van der Waals surface area contributed by atoms with Gasteiger partial charge in [-0.1, -0.05) is 0 Å². The summed E-state index contributed by atoms with van der Waals surface area (Å²) in [6.07, 6.45) is 3.10. The van der Waals surface area contributed by atoms with Gasteiger partial charge in [0.05, 0.1) is 23.4 Å². The molecular formula is C23H23FN4O3. The summed E-state index contributed by atoms with van der Waals surface area (Å²) in [5.41, 5.74) is 7.40. The molecule has 1 aliphatic rings. The average Bonchev–Trinajstić information content (AvgIpc) is 2.78. The molecule has 0 spiro atoms. The van der Waals surface area contributed by atoms with Gasteiger partial charge in [0.1, 0.15) is 11.4 Å². The van der Waals surface area contributed by atoms with Crippen LogP contribution in [-0.4, -0.2) is 46.4 Å². The van der Waals surface area contributed by atoms with Crippen LogP contribution in [0.15, 0.2) is 42.6 Å². The first kappa shape index (κ1) is 20.7. The molecular weight excluding hydrogens is 399 g/mol. The highest BCUT2D eigenvalue weighted by Gasteiger charge is 2.30. The molecule has 160 valence electrons. The van der Waals surface area contributed by atoms with Crippen molar-refractivity contribution >= 4 is 22.7 Å². The van der Waals surface area contributed by atoms with Crippen LogP contribution in [0.4, 0.5) is 4.39 Å². The Morgan fingerprint density at radius 3 is 2.87 bits per heavy atom. The minimum atomic E-state index is -0.622. The van der Waals surface area contributed by atoms with Crippen LogP contribution in [0.1, 0.15) is 52.1 Å². The van der Waals surface area contributed by atoms with E-state index in [0.29, 0.717) is 47.7 Å². The number of nitrogens with two attached hydrogens (primary N) is 1. The number of pyridine rings is 2. The molecule has 2 amide bonds. The molecule has 31 heavy (non-hydrogen) atoms. The zero-order chi connectivity index (χ0) is 22.0. The number of carbonyl (C=O) groups excluding carboxylic acids is 2. The fourth-order valence-corrected chi connectivity index (χ4v) is 4.03. The van der Waals surface area contributed by atoms with Crippen LogP contribution in [0.5, 0.6) is 5.88 Å². The average molecular weight is 422 g/mol. The molecule has 3 aromatic rings. The predicted octanol–water partition coefficient (Wildman–Crippen LogP) is 3.29. The van der Waals surface area contributed by atoms with Crippen LogP contribution in [0.3, 0.4) is 0 Å². The van der Waals surface area contributed by atoms with Crippen molar-refractivity contribution in [3.8, 4) is 5.88 Å². The van der Waals surface area contributed by atoms with Crippen molar-refractivity contribution in [2.75, 3.05) is 19.7 Å². The SMILES string of the molecule is CCOc1ncccc1C(=O)N1CCCC(c2nc3ccc(F)cc3cc2C(N)=O)C1. The number of piperidine rings is 1. The van der Waals surface area contributed by atoms with E-state index in [1.165, 1.54) is 12.1 Å². The van der Waals surface area contributed by atoms with E-state index < -0.39 is 11.7 Å². The Morgan fingerprint density at radius 1 is 1.26 bits per heavy atom. The zero-order valence-electron chi connectivity index (χ0n) is 17.2. The Labute approximate surface area is 179 Å². The van der Waals surface area contributed by atoms with Gasteiger partial charge >= 0.3 is 0 Å². The van der Waals surface area contributed by atoms with Gasteiger partial charge < -0.3 is 15.4 Å². The van der Waals surface area contributed by atoms with E-state index in [1.54, 1.807) is 35.4 Å². The second-order valence-corrected chi connectivity index (χ2v) is 7.50. The first-order chi connectivity index (χ1) is 15.0. The van der Waals surface area contributed by atoms with Crippen LogP contribution in [0.2, 0.25) is 0 Å². The monoisotopic (exact) mass is 422 g/mol. The molecule has 7 nitrogen and oxygen atoms in total. The van der Waals surface area contributed by atoms with Crippen molar-refractivity contribution in [3.05, 3.63) is 65.2 Å². The largest absolute Gasteiger partial charge is 0.477 e. The number of hydrogen-bond donors (Lipinski definition) is 1. The molecule has 8 heteroatoms. The van der Waals surface area contributed by atoms with Gasteiger partial charge in [-0.15, -0.1) is 0 Å². The van der Waals surface area contributed by atoms with Crippen LogP contribution in [0.25, 0.3) is 10.9 Å². The fourth-order valence-electron chi connectivity index (χ4n) is 4.03. The number of nitrogens with zero attached hydrogens (tertiary/aromatic N) is 3. The molecule has 1 aliphatic heterocycles. The molecule has 1 saturated heterocycles. The Morgan fingerprint density at radius 2 is 2.10 bits per heavy atom. The van der Waals surface area contributed by atoms with Crippen molar-refractivity contribution < 1.29 is 18.7 Å². The molecule has 0 radical (unpaired) electrons. The number of amides is 2. The topological polar surface area (TPSA) is 98.4 Å². The van der Waals surface area contributed by atoms with Crippen molar-refractivity contribution in [1.82, 2.24) is 14.9 Å². The summed E-state index contributed by atoms with van der Waals surface area (Å²) in [6.45, 7) is 3.21. The number of hydrogen-bond acceptors (Lipinski definition) is 5. The number of ether oxygens (including phenoxy) is 1. The lowest BCUT2D eigenvalue weighted by atomic mass is 9.90. The standard InChI is InChI=1S/C23H23FN4O3/c1-2-31-22-17(6-3-9-26-22)23(30)28-10-4-5-14(13-28)20-18(21(25)29)12-15-11-16(24)7-8-19(15)27-20/h3,6-9,11-12,14H,2,4-5,10,13H2,1H3,(H2,25,29). The van der Waals surface area contributed by atoms with Gasteiger partial charge in [-0.25, -0.2) is 9.37 Å². The summed E-state index contributed by atoms with van der Waals surface area (Å²) in [4.78, 5) is 35.9. The number of aromatic nitrogens is 2. The maximum atomic E-state index is 13.6. The summed E-state index contributed by atoms with van der Waals surface area (Å²) < 4.78 is 19.1. The molecule has 1 unspecified atom stereocenters. The van der Waals surface area contributed by atoms with Gasteiger partial charge in [0.15, 0.2) is 0 Å². The molecule has 0 saturated carbocycles. The first-order valence-electron chi connectivity index (χ1n) is 10.2. The third-order valence-corrected chi connectivity index (χ3v) is 5.45. The van der Waals surface area contributed by atoms with E-state index in [2.05, 4.69) is 9.97 Å². The maximum absolute atomic E-state index is 13.6. The number of rotatable bonds is 5. The lowest BCUT2D eigenvalue weighted by Crippen LogP contribution is -2.40. The normalized spacial score (nSPS) is 16.3. The molecule has 0 aliphatic carbocycles. The summed E-state index contributed by atoms with van der Waals surface area (Å²) in [5.74, 6) is -1.07. The second-order valence-electron chi connectivity index (χ2n) is 7.50. The Balaban J connectivity index is 1.66. The van der Waals surface area contributed by atoms with E-state index in [4.69, 9.17) is 10.5 Å². The third-order valence-electron chi connectivity index (χ3n) is 5.45. The highest BCUT2D eigenvalue weighted by molar-refractivity contribution is 5.98. The molecule has 2 N–H and O–H groups in total. The fraction of sp³-hybridized carbons (Fsp3) is 0.304. The summed E-state index contributed by atoms with van der Waals surface area (Å²) in [7, 11) is 0. The number of halogens is 1. The molecule has 1 fully saturated rings. The van der Waals surface area contributed by atoms with Crippen molar-refractivity contribution in [3.63, 3.8) is 0 Å². The number of likely N-dealkylation sites (tertiary alicyclic amines) is 1. The number of fused-ring (bicyclic) bond motifs is 1. The lowest BCUT2D eigenvalue weighted by molar-refractivity contribution is 0.0700. The molecule has 4 rings (SSSR count). The maximum Gasteiger partial charge on any atom is 0.259 e. The zero-order valence-corrected chi connectivity index (χ0v) is 17.2. The Kier molecular flexibility index (Phi) is 5.79. The highest BCUT2D eigenvalue weighted by atomic mass is 19.1. The minimum Gasteiger partial charge on any atom is -0.477 e. The Bertz CT molecular complexity index is 1150. The highest BCUT2D eigenvalue weighted by Crippen LogP contribution is 2.31. The van der Waals surface area contributed by atoms with E-state index in [0.717, 1.165) is 12.8 Å². The Hall–Kier alpha value is -3.55. The smallest absolute Gasteiger partial charge is 0.259 e. The molecule has 1 atom stereocenters. The molecule has 0 bridgehead atoms. The van der Waals surface area contributed by atoms with Crippen molar-refractivity contribution in [1.29, 1.82) is 0 Å². The van der Waals surface area contributed by atoms with Crippen LogP contribution < -0.4 is 10.5 Å². The van der Waals surface area contributed by atoms with Crippen LogP contribution in [-0.2, 0) is 0 Å². The molecule has 2 aromatic heterocycles. The number of carbonyl (C=O) groups is 2. The van der Waals surface area contributed by atoms with Gasteiger partial charge in [-0.2, -0.15) is 0 Å². The van der Waals surface area contributed by atoms with E-state index in [9.17, 15) is 14.0 Å². The number of benzene rings is 1. The van der Waals surface area contributed by atoms with E-state index in [1.807, 2.05) is 6.92 Å². The quantitative estimate of drug-likeness (QED) is 0.680. The molecule has 3 heterocycles. The second kappa shape index (κ2) is 8.67. The number of primary amides is 1.